The second-order valence-corrected chi connectivity index (χ2v) is 11.0. The van der Waals surface area contributed by atoms with Crippen molar-refractivity contribution in [1.29, 1.82) is 0 Å². The van der Waals surface area contributed by atoms with Gasteiger partial charge in [0.1, 0.15) is 11.8 Å². The molecule has 2 fully saturated rings. The Balaban J connectivity index is 1.08. The van der Waals surface area contributed by atoms with Crippen LogP contribution in [0.2, 0.25) is 0 Å². The highest BCUT2D eigenvalue weighted by Gasteiger charge is 2.40. The molecule has 6 nitrogen and oxygen atoms in total. The summed E-state index contributed by atoms with van der Waals surface area (Å²) >= 11 is 0. The van der Waals surface area contributed by atoms with Gasteiger partial charge in [0.2, 0.25) is 11.8 Å². The van der Waals surface area contributed by atoms with E-state index in [9.17, 15) is 14.4 Å². The van der Waals surface area contributed by atoms with Crippen molar-refractivity contribution in [3.63, 3.8) is 0 Å². The summed E-state index contributed by atoms with van der Waals surface area (Å²) in [7, 11) is 0. The minimum Gasteiger partial charge on any atom is -0.493 e. The molecule has 4 rings (SSSR count). The van der Waals surface area contributed by atoms with E-state index in [1.807, 2.05) is 12.1 Å². The number of hydrogen-bond donors (Lipinski definition) is 1. The van der Waals surface area contributed by atoms with E-state index in [-0.39, 0.29) is 24.1 Å². The summed E-state index contributed by atoms with van der Waals surface area (Å²) in [5, 5.41) is 2.35. The third-order valence-electron chi connectivity index (χ3n) is 8.28. The van der Waals surface area contributed by atoms with Crippen molar-refractivity contribution in [2.75, 3.05) is 6.61 Å². The van der Waals surface area contributed by atoms with Crippen molar-refractivity contribution in [2.24, 2.45) is 5.92 Å². The van der Waals surface area contributed by atoms with Crippen LogP contribution in [0.5, 0.6) is 5.75 Å². The van der Waals surface area contributed by atoms with Gasteiger partial charge in [-0.25, -0.2) is 0 Å². The number of nitrogens with one attached hydrogen (secondary N) is 1. The normalized spacial score (nSPS) is 20.8. The molecule has 1 atom stereocenters. The van der Waals surface area contributed by atoms with Crippen LogP contribution in [0, 0.1) is 5.92 Å². The number of carbonyl (C=O) groups is 3. The van der Waals surface area contributed by atoms with Crippen LogP contribution in [0.3, 0.4) is 0 Å². The second-order valence-electron chi connectivity index (χ2n) is 11.0. The predicted octanol–water partition coefficient (Wildman–Crippen LogP) is 6.31. The fraction of sp³-hybridized carbons (Fsp3) is 0.700. The van der Waals surface area contributed by atoms with Gasteiger partial charge >= 0.3 is 0 Å². The van der Waals surface area contributed by atoms with E-state index in [0.717, 1.165) is 23.7 Å². The van der Waals surface area contributed by atoms with Gasteiger partial charge in [-0.1, -0.05) is 96.0 Å². The van der Waals surface area contributed by atoms with Gasteiger partial charge in [0.05, 0.1) is 13.2 Å². The van der Waals surface area contributed by atoms with Crippen LogP contribution in [0.15, 0.2) is 18.2 Å². The molecule has 1 saturated carbocycles. The molecule has 0 aromatic heterocycles. The number of benzene rings is 1. The molecule has 1 N–H and O–H groups in total. The first-order chi connectivity index (χ1) is 17.6. The number of imide groups is 1. The summed E-state index contributed by atoms with van der Waals surface area (Å²) in [6, 6.07) is 4.96. The zero-order valence-corrected chi connectivity index (χ0v) is 21.9. The maximum absolute atomic E-state index is 12.9. The average molecular weight is 497 g/mol. The summed E-state index contributed by atoms with van der Waals surface area (Å²) < 4.78 is 6.07. The molecule has 0 spiro atoms. The van der Waals surface area contributed by atoms with Gasteiger partial charge in [-0.05, 0) is 30.9 Å². The molecule has 2 heterocycles. The van der Waals surface area contributed by atoms with E-state index in [1.54, 1.807) is 11.0 Å². The summed E-state index contributed by atoms with van der Waals surface area (Å²) in [4.78, 5) is 38.2. The molecule has 2 aliphatic heterocycles. The fourth-order valence-electron chi connectivity index (χ4n) is 6.12. The summed E-state index contributed by atoms with van der Waals surface area (Å²) in [6.07, 6.45) is 21.1. The highest BCUT2D eigenvalue weighted by Crippen LogP contribution is 2.33. The standard InChI is InChI=1S/C30H44N2O4/c33-28-20-19-26(29(34)31-28)32-22-25-24(30(32)35)17-13-18-27(25)36-21-12-8-4-2-1-3-5-9-14-23-15-10-6-7-11-16-23/h13,17-18,23,26H,1-12,14-16,19-22H2,(H,31,33,34). The zero-order chi connectivity index (χ0) is 25.2. The molecule has 1 aromatic carbocycles. The number of nitrogens with zero attached hydrogens (tertiary/aromatic N) is 1. The van der Waals surface area contributed by atoms with E-state index in [1.165, 1.54) is 89.9 Å². The topological polar surface area (TPSA) is 75.7 Å². The molecule has 3 amide bonds. The van der Waals surface area contributed by atoms with Crippen molar-refractivity contribution in [3.8, 4) is 5.75 Å². The second kappa shape index (κ2) is 13.8. The number of unbranched alkanes of at least 4 members (excludes halogenated alkanes) is 7. The molecule has 36 heavy (non-hydrogen) atoms. The first-order valence-corrected chi connectivity index (χ1v) is 14.5. The molecule has 6 heteroatoms. The molecular formula is C30H44N2O4. The maximum Gasteiger partial charge on any atom is 0.255 e. The fourth-order valence-corrected chi connectivity index (χ4v) is 6.12. The van der Waals surface area contributed by atoms with Gasteiger partial charge in [-0.15, -0.1) is 0 Å². The third-order valence-corrected chi connectivity index (χ3v) is 8.28. The number of carbonyl (C=O) groups excluding carboxylic acids is 3. The number of piperidine rings is 1. The van der Waals surface area contributed by atoms with Crippen molar-refractivity contribution in [2.45, 2.75) is 122 Å². The molecule has 198 valence electrons. The molecule has 1 aliphatic carbocycles. The lowest BCUT2D eigenvalue weighted by molar-refractivity contribution is -0.136. The van der Waals surface area contributed by atoms with Crippen LogP contribution in [-0.4, -0.2) is 35.3 Å². The van der Waals surface area contributed by atoms with E-state index in [4.69, 9.17) is 4.74 Å². The average Bonchev–Trinajstić information content (AvgIpc) is 3.03. The number of fused-ring (bicyclic) bond motifs is 1. The van der Waals surface area contributed by atoms with E-state index >= 15 is 0 Å². The Labute approximate surface area is 216 Å². The SMILES string of the molecule is O=C1CCC(N2Cc3c(OCCCCCCCCCCC4CCCCCC4)cccc3C2=O)C(=O)N1. The smallest absolute Gasteiger partial charge is 0.255 e. The lowest BCUT2D eigenvalue weighted by Gasteiger charge is -2.29. The highest BCUT2D eigenvalue weighted by molar-refractivity contribution is 6.05. The Morgan fingerprint density at radius 3 is 2.25 bits per heavy atom. The van der Waals surface area contributed by atoms with Gasteiger partial charge in [-0.2, -0.15) is 0 Å². The summed E-state index contributed by atoms with van der Waals surface area (Å²) in [6.45, 7) is 1.00. The van der Waals surface area contributed by atoms with E-state index in [0.29, 0.717) is 25.1 Å². The van der Waals surface area contributed by atoms with E-state index in [2.05, 4.69) is 5.32 Å². The van der Waals surface area contributed by atoms with Crippen molar-refractivity contribution >= 4 is 17.7 Å². The lowest BCUT2D eigenvalue weighted by atomic mass is 9.93. The molecular weight excluding hydrogens is 452 g/mol. The molecule has 1 saturated heterocycles. The van der Waals surface area contributed by atoms with Crippen molar-refractivity contribution in [1.82, 2.24) is 10.2 Å². The van der Waals surface area contributed by atoms with Crippen LogP contribution >= 0.6 is 0 Å². The molecule has 3 aliphatic rings. The summed E-state index contributed by atoms with van der Waals surface area (Å²) in [5.74, 6) is 0.949. The Hall–Kier alpha value is -2.37. The van der Waals surface area contributed by atoms with Gasteiger partial charge in [0, 0.05) is 17.5 Å². The van der Waals surface area contributed by atoms with Crippen LogP contribution in [0.25, 0.3) is 0 Å². The minimum absolute atomic E-state index is 0.154. The predicted molar refractivity (Wildman–Crippen MR) is 141 cm³/mol. The van der Waals surface area contributed by atoms with Crippen molar-refractivity contribution in [3.05, 3.63) is 29.3 Å². The Bertz CT molecular complexity index is 891. The largest absolute Gasteiger partial charge is 0.493 e. The van der Waals surface area contributed by atoms with Gasteiger partial charge in [0.25, 0.3) is 5.91 Å². The Kier molecular flexibility index (Phi) is 10.2. The first kappa shape index (κ1) is 26.7. The number of amides is 3. The Morgan fingerprint density at radius 2 is 1.53 bits per heavy atom. The number of rotatable bonds is 13. The van der Waals surface area contributed by atoms with Gasteiger partial charge < -0.3 is 9.64 Å². The highest BCUT2D eigenvalue weighted by atomic mass is 16.5. The first-order valence-electron chi connectivity index (χ1n) is 14.5. The lowest BCUT2D eigenvalue weighted by Crippen LogP contribution is -2.52. The van der Waals surface area contributed by atoms with Crippen LogP contribution in [0.4, 0.5) is 0 Å². The molecule has 1 unspecified atom stereocenters. The van der Waals surface area contributed by atoms with Gasteiger partial charge in [-0.3, -0.25) is 19.7 Å². The number of ether oxygens (including phenoxy) is 1. The molecule has 0 bridgehead atoms. The quantitative estimate of drug-likeness (QED) is 0.197. The summed E-state index contributed by atoms with van der Waals surface area (Å²) in [5.41, 5.74) is 1.47. The molecule has 1 aromatic rings. The zero-order valence-electron chi connectivity index (χ0n) is 21.9. The Morgan fingerprint density at radius 1 is 0.833 bits per heavy atom. The van der Waals surface area contributed by atoms with E-state index < -0.39 is 6.04 Å². The van der Waals surface area contributed by atoms with Crippen LogP contribution < -0.4 is 10.1 Å². The third kappa shape index (κ3) is 7.33. The van der Waals surface area contributed by atoms with Gasteiger partial charge in [0.15, 0.2) is 0 Å². The maximum atomic E-state index is 12.9. The molecule has 0 radical (unpaired) electrons. The van der Waals surface area contributed by atoms with Crippen LogP contribution in [-0.2, 0) is 16.1 Å². The monoisotopic (exact) mass is 496 g/mol. The van der Waals surface area contributed by atoms with Crippen molar-refractivity contribution < 1.29 is 19.1 Å². The number of hydrogen-bond acceptors (Lipinski definition) is 4. The van der Waals surface area contributed by atoms with Crippen LogP contribution in [0.1, 0.15) is 125 Å². The minimum atomic E-state index is -0.591.